The molecule has 0 fully saturated rings. The van der Waals surface area contributed by atoms with Crippen LogP contribution in [0.2, 0.25) is 5.02 Å². The number of benzene rings is 2. The fourth-order valence-electron chi connectivity index (χ4n) is 3.28. The first-order valence-corrected chi connectivity index (χ1v) is 9.90. The van der Waals surface area contributed by atoms with Gasteiger partial charge in [0.15, 0.2) is 5.69 Å². The van der Waals surface area contributed by atoms with Gasteiger partial charge in [-0.05, 0) is 56.9 Å². The average Bonchev–Trinajstić information content (AvgIpc) is 3.04. The molecule has 0 aliphatic rings. The fourth-order valence-corrected chi connectivity index (χ4v) is 3.41. The number of nitrogens with zero attached hydrogens (tertiary/aromatic N) is 2. The standard InChI is InChI=1S/C22H25ClFN3O/c1-22(2,16-10-12-17(23)13-11-16)25-21(28)20-18-8-4-5-9-19(18)27(26-20)15-7-3-6-14-24/h4-5,8-13H,3,6-7,14-15H2,1-2H3,(H,25,28). The maximum Gasteiger partial charge on any atom is 0.273 e. The summed E-state index contributed by atoms with van der Waals surface area (Å²) < 4.78 is 14.2. The number of nitrogens with one attached hydrogen (secondary N) is 1. The van der Waals surface area contributed by atoms with Gasteiger partial charge in [0.1, 0.15) is 0 Å². The largest absolute Gasteiger partial charge is 0.342 e. The molecule has 0 radical (unpaired) electrons. The van der Waals surface area contributed by atoms with E-state index in [9.17, 15) is 9.18 Å². The summed E-state index contributed by atoms with van der Waals surface area (Å²) in [5.74, 6) is -0.223. The van der Waals surface area contributed by atoms with Gasteiger partial charge in [-0.2, -0.15) is 5.10 Å². The van der Waals surface area contributed by atoms with Crippen LogP contribution in [0.1, 0.15) is 49.2 Å². The van der Waals surface area contributed by atoms with Crippen molar-refractivity contribution in [2.24, 2.45) is 0 Å². The lowest BCUT2D eigenvalue weighted by Gasteiger charge is -2.26. The number of rotatable bonds is 8. The number of para-hydroxylation sites is 1. The Morgan fingerprint density at radius 1 is 1.11 bits per heavy atom. The Bertz CT molecular complexity index is 950. The summed E-state index contributed by atoms with van der Waals surface area (Å²) in [5, 5.41) is 9.12. The molecule has 0 unspecified atom stereocenters. The molecule has 0 aliphatic heterocycles. The molecule has 3 aromatic rings. The lowest BCUT2D eigenvalue weighted by Crippen LogP contribution is -2.41. The summed E-state index contributed by atoms with van der Waals surface area (Å²) >= 11 is 5.97. The number of aryl methyl sites for hydroxylation is 1. The smallest absolute Gasteiger partial charge is 0.273 e. The molecule has 1 N–H and O–H groups in total. The van der Waals surface area contributed by atoms with Crippen molar-refractivity contribution in [3.05, 3.63) is 64.8 Å². The normalized spacial score (nSPS) is 11.7. The highest BCUT2D eigenvalue weighted by Crippen LogP contribution is 2.24. The molecule has 1 heterocycles. The highest BCUT2D eigenvalue weighted by atomic mass is 35.5. The average molecular weight is 402 g/mol. The van der Waals surface area contributed by atoms with Crippen molar-refractivity contribution in [2.75, 3.05) is 6.67 Å². The third-order valence-corrected chi connectivity index (χ3v) is 5.12. The van der Waals surface area contributed by atoms with Gasteiger partial charge in [-0.1, -0.05) is 41.9 Å². The molecular formula is C22H25ClFN3O. The molecule has 3 rings (SSSR count). The molecule has 1 aromatic heterocycles. The first-order chi connectivity index (χ1) is 13.4. The van der Waals surface area contributed by atoms with E-state index in [0.29, 0.717) is 23.7 Å². The van der Waals surface area contributed by atoms with E-state index in [-0.39, 0.29) is 12.6 Å². The Kier molecular flexibility index (Phi) is 6.35. The fraction of sp³-hybridized carbons (Fsp3) is 0.364. The monoisotopic (exact) mass is 401 g/mol. The molecule has 28 heavy (non-hydrogen) atoms. The molecule has 4 nitrogen and oxygen atoms in total. The van der Waals surface area contributed by atoms with Crippen molar-refractivity contribution in [1.82, 2.24) is 15.1 Å². The molecule has 148 valence electrons. The number of hydrogen-bond donors (Lipinski definition) is 1. The first-order valence-electron chi connectivity index (χ1n) is 9.52. The lowest BCUT2D eigenvalue weighted by atomic mass is 9.94. The van der Waals surface area contributed by atoms with Crippen molar-refractivity contribution >= 4 is 28.4 Å². The van der Waals surface area contributed by atoms with Crippen molar-refractivity contribution in [1.29, 1.82) is 0 Å². The van der Waals surface area contributed by atoms with Crippen LogP contribution < -0.4 is 5.32 Å². The van der Waals surface area contributed by atoms with Gasteiger partial charge in [0.2, 0.25) is 0 Å². The van der Waals surface area contributed by atoms with Crippen molar-refractivity contribution in [3.63, 3.8) is 0 Å². The molecular weight excluding hydrogens is 377 g/mol. The van der Waals surface area contributed by atoms with Crippen LogP contribution in [-0.2, 0) is 12.1 Å². The predicted octanol–water partition coefficient (Wildman–Crippen LogP) is 5.49. The van der Waals surface area contributed by atoms with Crippen LogP contribution >= 0.6 is 11.6 Å². The van der Waals surface area contributed by atoms with E-state index in [1.807, 2.05) is 67.1 Å². The molecule has 0 saturated heterocycles. The van der Waals surface area contributed by atoms with Crippen LogP contribution in [-0.4, -0.2) is 22.4 Å². The van der Waals surface area contributed by atoms with Gasteiger partial charge in [0.05, 0.1) is 17.7 Å². The van der Waals surface area contributed by atoms with Gasteiger partial charge in [0, 0.05) is 17.0 Å². The second-order valence-corrected chi connectivity index (χ2v) is 7.86. The third kappa shape index (κ3) is 4.53. The quantitative estimate of drug-likeness (QED) is 0.507. The van der Waals surface area contributed by atoms with E-state index >= 15 is 0 Å². The minimum absolute atomic E-state index is 0.223. The third-order valence-electron chi connectivity index (χ3n) is 4.87. The molecule has 0 bridgehead atoms. The zero-order valence-corrected chi connectivity index (χ0v) is 17.0. The Hall–Kier alpha value is -2.40. The highest BCUT2D eigenvalue weighted by Gasteiger charge is 2.26. The van der Waals surface area contributed by atoms with Crippen LogP contribution in [0.4, 0.5) is 4.39 Å². The van der Waals surface area contributed by atoms with E-state index in [4.69, 9.17) is 11.6 Å². The Labute approximate surface area is 169 Å². The highest BCUT2D eigenvalue weighted by molar-refractivity contribution is 6.30. The molecule has 0 atom stereocenters. The number of carbonyl (C=O) groups excluding carboxylic acids is 1. The van der Waals surface area contributed by atoms with E-state index in [1.54, 1.807) is 0 Å². The predicted molar refractivity (Wildman–Crippen MR) is 112 cm³/mol. The molecule has 0 spiro atoms. The Balaban J connectivity index is 1.84. The summed E-state index contributed by atoms with van der Waals surface area (Å²) in [5.41, 5.74) is 1.70. The van der Waals surface area contributed by atoms with Crippen LogP contribution in [0, 0.1) is 0 Å². The van der Waals surface area contributed by atoms with Gasteiger partial charge in [0.25, 0.3) is 5.91 Å². The van der Waals surface area contributed by atoms with Crippen LogP contribution in [0.3, 0.4) is 0 Å². The number of alkyl halides is 1. The summed E-state index contributed by atoms with van der Waals surface area (Å²) in [7, 11) is 0. The SMILES string of the molecule is CC(C)(NC(=O)c1nn(CCCCCF)c2ccccc12)c1ccc(Cl)cc1. The number of carbonyl (C=O) groups is 1. The van der Waals surface area contributed by atoms with E-state index in [2.05, 4.69) is 10.4 Å². The summed E-state index contributed by atoms with van der Waals surface area (Å²) in [6.45, 7) is 4.26. The number of fused-ring (bicyclic) bond motifs is 1. The number of unbranched alkanes of at least 4 members (excludes halogenated alkanes) is 2. The van der Waals surface area contributed by atoms with Crippen LogP contribution in [0.15, 0.2) is 48.5 Å². The summed E-state index contributed by atoms with van der Waals surface area (Å²) in [6, 6.07) is 15.1. The van der Waals surface area contributed by atoms with E-state index in [1.165, 1.54) is 0 Å². The molecule has 6 heteroatoms. The summed E-state index contributed by atoms with van der Waals surface area (Å²) in [4.78, 5) is 13.0. The molecule has 1 amide bonds. The van der Waals surface area contributed by atoms with Gasteiger partial charge < -0.3 is 5.32 Å². The van der Waals surface area contributed by atoms with E-state index in [0.717, 1.165) is 29.3 Å². The Morgan fingerprint density at radius 2 is 1.82 bits per heavy atom. The van der Waals surface area contributed by atoms with Gasteiger partial charge in [-0.3, -0.25) is 13.9 Å². The second-order valence-electron chi connectivity index (χ2n) is 7.42. The lowest BCUT2D eigenvalue weighted by molar-refractivity contribution is 0.0907. The summed E-state index contributed by atoms with van der Waals surface area (Å²) in [6.07, 6.45) is 2.19. The molecule has 0 saturated carbocycles. The zero-order valence-electron chi connectivity index (χ0n) is 16.2. The second kappa shape index (κ2) is 8.74. The number of hydrogen-bond acceptors (Lipinski definition) is 2. The zero-order chi connectivity index (χ0) is 20.1. The number of aromatic nitrogens is 2. The Morgan fingerprint density at radius 3 is 2.54 bits per heavy atom. The van der Waals surface area contributed by atoms with Crippen LogP contribution in [0.25, 0.3) is 10.9 Å². The minimum Gasteiger partial charge on any atom is -0.342 e. The number of amides is 1. The maximum absolute atomic E-state index is 13.0. The topological polar surface area (TPSA) is 46.9 Å². The van der Waals surface area contributed by atoms with Crippen molar-refractivity contribution < 1.29 is 9.18 Å². The first kappa shape index (κ1) is 20.3. The minimum atomic E-state index is -0.576. The van der Waals surface area contributed by atoms with E-state index < -0.39 is 5.54 Å². The van der Waals surface area contributed by atoms with Gasteiger partial charge in [-0.25, -0.2) is 0 Å². The number of halogens is 2. The maximum atomic E-state index is 13.0. The van der Waals surface area contributed by atoms with Crippen molar-refractivity contribution in [3.8, 4) is 0 Å². The van der Waals surface area contributed by atoms with Crippen LogP contribution in [0.5, 0.6) is 0 Å². The van der Waals surface area contributed by atoms with Gasteiger partial charge >= 0.3 is 0 Å². The molecule has 2 aromatic carbocycles. The molecule has 0 aliphatic carbocycles. The van der Waals surface area contributed by atoms with Gasteiger partial charge in [-0.15, -0.1) is 0 Å². The van der Waals surface area contributed by atoms with Crippen molar-refractivity contribution in [2.45, 2.75) is 45.2 Å².